The Kier molecular flexibility index (Phi) is 3.78. The van der Waals surface area contributed by atoms with Crippen molar-refractivity contribution in [3.05, 3.63) is 18.1 Å². The van der Waals surface area contributed by atoms with E-state index < -0.39 is 0 Å². The van der Waals surface area contributed by atoms with Gasteiger partial charge in [-0.1, -0.05) is 0 Å². The standard InChI is InChI=1S/C13H19N5/c1-10-6-12(4-5-17(10)2)18(3)13-9-15-11(7-14)8-16-13/h8-10,12H,4-6H2,1-3H3. The number of piperidine rings is 1. The van der Waals surface area contributed by atoms with Crippen LogP contribution in [-0.4, -0.2) is 47.6 Å². The highest BCUT2D eigenvalue weighted by atomic mass is 15.2. The molecule has 18 heavy (non-hydrogen) atoms. The van der Waals surface area contributed by atoms with Crippen molar-refractivity contribution in [3.63, 3.8) is 0 Å². The maximum Gasteiger partial charge on any atom is 0.158 e. The van der Waals surface area contributed by atoms with E-state index in [0.717, 1.165) is 25.2 Å². The molecule has 0 N–H and O–H groups in total. The number of hydrogen-bond acceptors (Lipinski definition) is 5. The smallest absolute Gasteiger partial charge is 0.158 e. The van der Waals surface area contributed by atoms with Crippen molar-refractivity contribution in [2.24, 2.45) is 0 Å². The predicted molar refractivity (Wildman–Crippen MR) is 70.3 cm³/mol. The first kappa shape index (κ1) is 12.8. The number of rotatable bonds is 2. The van der Waals surface area contributed by atoms with Crippen molar-refractivity contribution in [1.29, 1.82) is 5.26 Å². The molecule has 0 bridgehead atoms. The van der Waals surface area contributed by atoms with Crippen LogP contribution in [0.15, 0.2) is 12.4 Å². The summed E-state index contributed by atoms with van der Waals surface area (Å²) < 4.78 is 0. The zero-order valence-electron chi connectivity index (χ0n) is 11.2. The van der Waals surface area contributed by atoms with Gasteiger partial charge >= 0.3 is 0 Å². The van der Waals surface area contributed by atoms with Gasteiger partial charge in [-0.3, -0.25) is 0 Å². The van der Waals surface area contributed by atoms with E-state index in [1.165, 1.54) is 6.20 Å². The van der Waals surface area contributed by atoms with E-state index >= 15 is 0 Å². The zero-order valence-corrected chi connectivity index (χ0v) is 11.2. The lowest BCUT2D eigenvalue weighted by molar-refractivity contribution is 0.181. The van der Waals surface area contributed by atoms with Crippen molar-refractivity contribution < 1.29 is 0 Å². The minimum atomic E-state index is 0.365. The van der Waals surface area contributed by atoms with Gasteiger partial charge in [-0.2, -0.15) is 5.26 Å². The molecule has 0 radical (unpaired) electrons. The first-order valence-electron chi connectivity index (χ1n) is 6.27. The first-order valence-corrected chi connectivity index (χ1v) is 6.27. The quantitative estimate of drug-likeness (QED) is 0.785. The van der Waals surface area contributed by atoms with Crippen LogP contribution in [0, 0.1) is 11.3 Å². The molecule has 0 amide bonds. The highest BCUT2D eigenvalue weighted by Crippen LogP contribution is 2.22. The fourth-order valence-corrected chi connectivity index (χ4v) is 2.36. The topological polar surface area (TPSA) is 56.1 Å². The zero-order chi connectivity index (χ0) is 13.1. The van der Waals surface area contributed by atoms with Crippen LogP contribution in [0.5, 0.6) is 0 Å². The second-order valence-electron chi connectivity index (χ2n) is 4.99. The maximum absolute atomic E-state index is 8.71. The fraction of sp³-hybridized carbons (Fsp3) is 0.615. The highest BCUT2D eigenvalue weighted by Gasteiger charge is 2.26. The molecule has 1 aromatic heterocycles. The molecular weight excluding hydrogens is 226 g/mol. The second kappa shape index (κ2) is 5.32. The third-order valence-electron chi connectivity index (χ3n) is 3.84. The van der Waals surface area contributed by atoms with Gasteiger partial charge in [0.25, 0.3) is 0 Å². The molecule has 0 saturated carbocycles. The van der Waals surface area contributed by atoms with Gasteiger partial charge in [0.2, 0.25) is 0 Å². The normalized spacial score (nSPS) is 24.6. The molecule has 2 unspecified atom stereocenters. The minimum absolute atomic E-state index is 0.365. The monoisotopic (exact) mass is 245 g/mol. The van der Waals surface area contributed by atoms with Gasteiger partial charge in [0.05, 0.1) is 12.4 Å². The summed E-state index contributed by atoms with van der Waals surface area (Å²) in [5.74, 6) is 0.843. The van der Waals surface area contributed by atoms with E-state index in [-0.39, 0.29) is 0 Å². The number of likely N-dealkylation sites (tertiary alicyclic amines) is 1. The summed E-state index contributed by atoms with van der Waals surface area (Å²) >= 11 is 0. The summed E-state index contributed by atoms with van der Waals surface area (Å²) in [5, 5.41) is 8.71. The van der Waals surface area contributed by atoms with E-state index in [1.807, 2.05) is 6.07 Å². The van der Waals surface area contributed by atoms with Crippen molar-refractivity contribution in [3.8, 4) is 6.07 Å². The molecule has 5 heteroatoms. The van der Waals surface area contributed by atoms with Crippen molar-refractivity contribution in [2.45, 2.75) is 31.8 Å². The van der Waals surface area contributed by atoms with Gasteiger partial charge in [-0.15, -0.1) is 0 Å². The Morgan fingerprint density at radius 1 is 1.44 bits per heavy atom. The molecule has 1 saturated heterocycles. The van der Waals surface area contributed by atoms with Gasteiger partial charge in [0, 0.05) is 25.7 Å². The Hall–Kier alpha value is -1.67. The van der Waals surface area contributed by atoms with Gasteiger partial charge in [0.15, 0.2) is 5.69 Å². The van der Waals surface area contributed by atoms with Gasteiger partial charge in [-0.05, 0) is 26.8 Å². The summed E-state index contributed by atoms with van der Waals surface area (Å²) in [6.07, 6.45) is 5.49. The van der Waals surface area contributed by atoms with Crippen LogP contribution in [0.3, 0.4) is 0 Å². The maximum atomic E-state index is 8.71. The molecule has 0 aromatic carbocycles. The summed E-state index contributed by atoms with van der Waals surface area (Å²) in [5.41, 5.74) is 0.365. The van der Waals surface area contributed by atoms with Crippen LogP contribution in [0.2, 0.25) is 0 Å². The van der Waals surface area contributed by atoms with Crippen LogP contribution in [0.1, 0.15) is 25.5 Å². The molecule has 0 spiro atoms. The third-order valence-corrected chi connectivity index (χ3v) is 3.84. The second-order valence-corrected chi connectivity index (χ2v) is 4.99. The summed E-state index contributed by atoms with van der Waals surface area (Å²) in [6, 6.07) is 3.08. The van der Waals surface area contributed by atoms with Crippen LogP contribution < -0.4 is 4.90 Å². The Morgan fingerprint density at radius 3 is 2.78 bits per heavy atom. The molecule has 5 nitrogen and oxygen atoms in total. The van der Waals surface area contributed by atoms with E-state index in [0.29, 0.717) is 17.8 Å². The molecule has 0 aliphatic carbocycles. The van der Waals surface area contributed by atoms with E-state index in [1.54, 1.807) is 6.20 Å². The van der Waals surface area contributed by atoms with E-state index in [2.05, 4.69) is 40.8 Å². The molecular formula is C13H19N5. The molecule has 2 heterocycles. The predicted octanol–water partition coefficient (Wildman–Crippen LogP) is 1.27. The number of aromatic nitrogens is 2. The highest BCUT2D eigenvalue weighted by molar-refractivity contribution is 5.37. The minimum Gasteiger partial charge on any atom is -0.355 e. The molecule has 1 fully saturated rings. The summed E-state index contributed by atoms with van der Waals surface area (Å²) in [4.78, 5) is 12.9. The van der Waals surface area contributed by atoms with Crippen LogP contribution in [0.4, 0.5) is 5.82 Å². The van der Waals surface area contributed by atoms with Crippen LogP contribution in [-0.2, 0) is 0 Å². The molecule has 1 aliphatic heterocycles. The van der Waals surface area contributed by atoms with Crippen molar-refractivity contribution >= 4 is 5.82 Å². The Balaban J connectivity index is 2.06. The average molecular weight is 245 g/mol. The summed E-state index contributed by atoms with van der Waals surface area (Å²) in [6.45, 7) is 3.37. The van der Waals surface area contributed by atoms with Gasteiger partial charge in [0.1, 0.15) is 11.9 Å². The van der Waals surface area contributed by atoms with Gasteiger partial charge in [-0.25, -0.2) is 9.97 Å². The largest absolute Gasteiger partial charge is 0.355 e. The van der Waals surface area contributed by atoms with Crippen LogP contribution >= 0.6 is 0 Å². The summed E-state index contributed by atoms with van der Waals surface area (Å²) in [7, 11) is 4.22. The average Bonchev–Trinajstić information content (AvgIpc) is 2.41. The Labute approximate surface area is 108 Å². The lowest BCUT2D eigenvalue weighted by Gasteiger charge is -2.39. The molecule has 1 aliphatic rings. The lowest BCUT2D eigenvalue weighted by atomic mass is 9.98. The molecule has 1 aromatic rings. The third kappa shape index (κ3) is 2.59. The Bertz CT molecular complexity index is 436. The van der Waals surface area contributed by atoms with E-state index in [9.17, 15) is 0 Å². The number of nitrogens with zero attached hydrogens (tertiary/aromatic N) is 5. The number of hydrogen-bond donors (Lipinski definition) is 0. The van der Waals surface area contributed by atoms with Crippen LogP contribution in [0.25, 0.3) is 0 Å². The Morgan fingerprint density at radius 2 is 2.22 bits per heavy atom. The van der Waals surface area contributed by atoms with E-state index in [4.69, 9.17) is 5.26 Å². The number of nitriles is 1. The fourth-order valence-electron chi connectivity index (χ4n) is 2.36. The van der Waals surface area contributed by atoms with Crippen molar-refractivity contribution in [2.75, 3.05) is 25.5 Å². The molecule has 96 valence electrons. The lowest BCUT2D eigenvalue weighted by Crippen LogP contribution is -2.46. The molecule has 2 rings (SSSR count). The number of anilines is 1. The SMILES string of the molecule is CC1CC(N(C)c2cnc(C#N)cn2)CCN1C. The van der Waals surface area contributed by atoms with Crippen molar-refractivity contribution in [1.82, 2.24) is 14.9 Å². The van der Waals surface area contributed by atoms with Gasteiger partial charge < -0.3 is 9.80 Å². The molecule has 2 atom stereocenters. The first-order chi connectivity index (χ1) is 8.61.